The van der Waals surface area contributed by atoms with Crippen molar-refractivity contribution >= 4 is 0 Å². The number of hydrogen-bond acceptors (Lipinski definition) is 4. The van der Waals surface area contributed by atoms with Crippen molar-refractivity contribution < 1.29 is 0 Å². The number of aromatic nitrogens is 4. The van der Waals surface area contributed by atoms with Gasteiger partial charge < -0.3 is 5.32 Å². The van der Waals surface area contributed by atoms with Crippen LogP contribution in [0, 0.1) is 0 Å². The maximum absolute atomic E-state index is 3.95. The van der Waals surface area contributed by atoms with Crippen molar-refractivity contribution in [2.75, 3.05) is 6.54 Å². The molecule has 1 rings (SSSR count). The second-order valence-corrected chi connectivity index (χ2v) is 3.09. The Bertz CT molecular complexity index is 244. The standard InChI is InChI=1S/C8H17N5/c1-4-7(9-5-2)6-8-10-11-12-13(8)3/h7,9H,4-6H2,1-3H3. The molecule has 0 aliphatic rings. The number of likely N-dealkylation sites (N-methyl/N-ethyl adjacent to an activating group) is 1. The Kier molecular flexibility index (Phi) is 3.82. The van der Waals surface area contributed by atoms with Crippen LogP contribution in [0.3, 0.4) is 0 Å². The highest BCUT2D eigenvalue weighted by molar-refractivity contribution is 4.85. The highest BCUT2D eigenvalue weighted by atomic mass is 15.5. The van der Waals surface area contributed by atoms with Gasteiger partial charge in [-0.25, -0.2) is 4.68 Å². The first kappa shape index (κ1) is 10.1. The van der Waals surface area contributed by atoms with Gasteiger partial charge >= 0.3 is 0 Å². The van der Waals surface area contributed by atoms with Crippen LogP contribution in [0.4, 0.5) is 0 Å². The smallest absolute Gasteiger partial charge is 0.152 e. The zero-order chi connectivity index (χ0) is 9.68. The van der Waals surface area contributed by atoms with Crippen molar-refractivity contribution in [2.24, 2.45) is 7.05 Å². The van der Waals surface area contributed by atoms with E-state index in [1.165, 1.54) is 0 Å². The maximum atomic E-state index is 3.95. The van der Waals surface area contributed by atoms with Crippen molar-refractivity contribution in [1.82, 2.24) is 25.5 Å². The molecular weight excluding hydrogens is 166 g/mol. The molecular formula is C8H17N5. The summed E-state index contributed by atoms with van der Waals surface area (Å²) in [5, 5.41) is 14.7. The van der Waals surface area contributed by atoms with E-state index in [0.29, 0.717) is 6.04 Å². The van der Waals surface area contributed by atoms with Gasteiger partial charge in [0.15, 0.2) is 5.82 Å². The Balaban J connectivity index is 2.51. The topological polar surface area (TPSA) is 55.6 Å². The van der Waals surface area contributed by atoms with E-state index in [-0.39, 0.29) is 0 Å². The van der Waals surface area contributed by atoms with E-state index in [4.69, 9.17) is 0 Å². The quantitative estimate of drug-likeness (QED) is 0.705. The minimum Gasteiger partial charge on any atom is -0.314 e. The Hall–Kier alpha value is -0.970. The highest BCUT2D eigenvalue weighted by Crippen LogP contribution is 1.99. The lowest BCUT2D eigenvalue weighted by Crippen LogP contribution is -2.31. The second-order valence-electron chi connectivity index (χ2n) is 3.09. The lowest BCUT2D eigenvalue weighted by atomic mass is 10.1. The molecule has 0 spiro atoms. The summed E-state index contributed by atoms with van der Waals surface area (Å²) in [5.41, 5.74) is 0. The number of aryl methyl sites for hydroxylation is 1. The maximum Gasteiger partial charge on any atom is 0.152 e. The van der Waals surface area contributed by atoms with E-state index in [1.54, 1.807) is 4.68 Å². The fraction of sp³-hybridized carbons (Fsp3) is 0.875. The summed E-state index contributed by atoms with van der Waals surface area (Å²) in [4.78, 5) is 0. The molecule has 5 nitrogen and oxygen atoms in total. The van der Waals surface area contributed by atoms with E-state index in [9.17, 15) is 0 Å². The van der Waals surface area contributed by atoms with Crippen LogP contribution in [-0.4, -0.2) is 32.8 Å². The molecule has 0 amide bonds. The van der Waals surface area contributed by atoms with Crippen molar-refractivity contribution in [3.8, 4) is 0 Å². The monoisotopic (exact) mass is 183 g/mol. The molecule has 0 aromatic carbocycles. The minimum atomic E-state index is 0.481. The summed E-state index contributed by atoms with van der Waals surface area (Å²) in [5.74, 6) is 0.938. The SMILES string of the molecule is CCNC(CC)Cc1nnnn1C. The van der Waals surface area contributed by atoms with Gasteiger partial charge in [0.25, 0.3) is 0 Å². The van der Waals surface area contributed by atoms with Gasteiger partial charge in [-0.15, -0.1) is 5.10 Å². The first-order chi connectivity index (χ1) is 6.27. The fourth-order valence-corrected chi connectivity index (χ4v) is 1.29. The molecule has 0 saturated carbocycles. The molecule has 0 aliphatic heterocycles. The number of nitrogens with one attached hydrogen (secondary N) is 1. The number of nitrogens with zero attached hydrogens (tertiary/aromatic N) is 4. The van der Waals surface area contributed by atoms with Crippen LogP contribution in [-0.2, 0) is 13.5 Å². The molecule has 0 bridgehead atoms. The summed E-state index contributed by atoms with van der Waals surface area (Å²) in [7, 11) is 1.87. The third-order valence-electron chi connectivity index (χ3n) is 2.12. The van der Waals surface area contributed by atoms with Gasteiger partial charge in [0.1, 0.15) is 0 Å². The first-order valence-electron chi connectivity index (χ1n) is 4.72. The van der Waals surface area contributed by atoms with Gasteiger partial charge in [0.2, 0.25) is 0 Å². The fourth-order valence-electron chi connectivity index (χ4n) is 1.29. The molecule has 13 heavy (non-hydrogen) atoms. The molecule has 0 aliphatic carbocycles. The van der Waals surface area contributed by atoms with Crippen LogP contribution >= 0.6 is 0 Å². The largest absolute Gasteiger partial charge is 0.314 e. The van der Waals surface area contributed by atoms with Gasteiger partial charge in [-0.1, -0.05) is 13.8 Å². The van der Waals surface area contributed by atoms with E-state index in [0.717, 1.165) is 25.2 Å². The summed E-state index contributed by atoms with van der Waals surface area (Å²) in [6.45, 7) is 5.26. The number of rotatable bonds is 5. The van der Waals surface area contributed by atoms with Gasteiger partial charge in [-0.2, -0.15) is 0 Å². The van der Waals surface area contributed by atoms with Crippen molar-refractivity contribution in [3.05, 3.63) is 5.82 Å². The van der Waals surface area contributed by atoms with Crippen LogP contribution < -0.4 is 5.32 Å². The van der Waals surface area contributed by atoms with Gasteiger partial charge in [-0.05, 0) is 23.4 Å². The van der Waals surface area contributed by atoms with Gasteiger partial charge in [0, 0.05) is 19.5 Å². The molecule has 1 heterocycles. The van der Waals surface area contributed by atoms with E-state index >= 15 is 0 Å². The lowest BCUT2D eigenvalue weighted by molar-refractivity contribution is 0.489. The number of tetrazole rings is 1. The van der Waals surface area contributed by atoms with E-state index in [1.807, 2.05) is 7.05 Å². The van der Waals surface area contributed by atoms with Crippen LogP contribution in [0.15, 0.2) is 0 Å². The molecule has 5 heteroatoms. The van der Waals surface area contributed by atoms with Crippen molar-refractivity contribution in [1.29, 1.82) is 0 Å². The predicted molar refractivity (Wildman–Crippen MR) is 50.3 cm³/mol. The normalized spacial score (nSPS) is 13.2. The van der Waals surface area contributed by atoms with Crippen molar-refractivity contribution in [2.45, 2.75) is 32.7 Å². The molecule has 0 radical (unpaired) electrons. The van der Waals surface area contributed by atoms with Crippen LogP contribution in [0.25, 0.3) is 0 Å². The van der Waals surface area contributed by atoms with Gasteiger partial charge in [0.05, 0.1) is 0 Å². The predicted octanol–water partition coefficient (Wildman–Crippen LogP) is 0.141. The first-order valence-corrected chi connectivity index (χ1v) is 4.72. The minimum absolute atomic E-state index is 0.481. The third kappa shape index (κ3) is 2.77. The zero-order valence-corrected chi connectivity index (χ0v) is 8.49. The molecule has 1 aromatic rings. The molecule has 1 atom stereocenters. The molecule has 0 fully saturated rings. The molecule has 1 N–H and O–H groups in total. The lowest BCUT2D eigenvalue weighted by Gasteiger charge is -2.13. The summed E-state index contributed by atoms with van der Waals surface area (Å²) < 4.78 is 1.72. The van der Waals surface area contributed by atoms with E-state index in [2.05, 4.69) is 34.7 Å². The molecule has 1 unspecified atom stereocenters. The van der Waals surface area contributed by atoms with Crippen molar-refractivity contribution in [3.63, 3.8) is 0 Å². The average Bonchev–Trinajstić information content (AvgIpc) is 2.51. The Morgan fingerprint density at radius 2 is 2.23 bits per heavy atom. The molecule has 1 aromatic heterocycles. The van der Waals surface area contributed by atoms with Crippen LogP contribution in [0.5, 0.6) is 0 Å². The Labute approximate surface area is 78.5 Å². The molecule has 0 saturated heterocycles. The summed E-state index contributed by atoms with van der Waals surface area (Å²) in [6.07, 6.45) is 1.99. The van der Waals surface area contributed by atoms with Crippen LogP contribution in [0.1, 0.15) is 26.1 Å². The summed E-state index contributed by atoms with van der Waals surface area (Å²) >= 11 is 0. The Morgan fingerprint density at radius 1 is 1.46 bits per heavy atom. The van der Waals surface area contributed by atoms with Crippen LogP contribution in [0.2, 0.25) is 0 Å². The average molecular weight is 183 g/mol. The Morgan fingerprint density at radius 3 is 2.69 bits per heavy atom. The summed E-state index contributed by atoms with van der Waals surface area (Å²) in [6, 6.07) is 0.481. The third-order valence-corrected chi connectivity index (χ3v) is 2.12. The van der Waals surface area contributed by atoms with E-state index < -0.39 is 0 Å². The molecule has 74 valence electrons. The number of hydrogen-bond donors (Lipinski definition) is 1. The second kappa shape index (κ2) is 4.91. The van der Waals surface area contributed by atoms with Gasteiger partial charge in [-0.3, -0.25) is 0 Å². The highest BCUT2D eigenvalue weighted by Gasteiger charge is 2.09. The zero-order valence-electron chi connectivity index (χ0n) is 8.49.